The number of rotatable bonds is 3. The Labute approximate surface area is 153 Å². The maximum absolute atomic E-state index is 12.6. The summed E-state index contributed by atoms with van der Waals surface area (Å²) in [6.45, 7) is -1.64. The van der Waals surface area contributed by atoms with E-state index in [1.165, 1.54) is 12.1 Å². The first-order chi connectivity index (χ1) is 12.9. The standard InChI is InChI=1S/C16H12F6N4O2/c17-15(18,19)8-23-14(25-11-2-1-3-12(27)24-11)26-13(28)9-4-6-10(7-5-9)16(20,21)22/h1-7H,8H2,(H3,23,24,25,26,27,28). The molecule has 0 radical (unpaired) electrons. The number of halogens is 6. The molecule has 1 aromatic heterocycles. The molecule has 1 amide bonds. The smallest absolute Gasteiger partial charge is 0.312 e. The van der Waals surface area contributed by atoms with E-state index in [1.54, 1.807) is 0 Å². The number of hydrogen-bond donors (Lipinski definition) is 3. The second-order valence-electron chi connectivity index (χ2n) is 5.36. The van der Waals surface area contributed by atoms with Gasteiger partial charge in [0.1, 0.15) is 12.4 Å². The number of aliphatic imine (C=N–C) groups is 1. The molecule has 1 heterocycles. The highest BCUT2D eigenvalue weighted by Crippen LogP contribution is 2.29. The molecule has 150 valence electrons. The van der Waals surface area contributed by atoms with Crippen molar-refractivity contribution in [3.8, 4) is 0 Å². The molecule has 0 aliphatic carbocycles. The quantitative estimate of drug-likeness (QED) is 0.416. The molecule has 12 heteroatoms. The van der Waals surface area contributed by atoms with Gasteiger partial charge < -0.3 is 10.3 Å². The average molecular weight is 406 g/mol. The molecule has 3 N–H and O–H groups in total. The van der Waals surface area contributed by atoms with Gasteiger partial charge in [0, 0.05) is 11.6 Å². The van der Waals surface area contributed by atoms with Crippen molar-refractivity contribution in [2.45, 2.75) is 12.4 Å². The monoisotopic (exact) mass is 406 g/mol. The molecule has 0 spiro atoms. The van der Waals surface area contributed by atoms with Crippen molar-refractivity contribution in [2.75, 3.05) is 11.9 Å². The molecular formula is C16H12F6N4O2. The van der Waals surface area contributed by atoms with Crippen LogP contribution in [0.5, 0.6) is 0 Å². The van der Waals surface area contributed by atoms with Gasteiger partial charge in [-0.05, 0) is 30.3 Å². The third-order valence-electron chi connectivity index (χ3n) is 3.14. The van der Waals surface area contributed by atoms with Gasteiger partial charge in [-0.1, -0.05) is 6.07 Å². The van der Waals surface area contributed by atoms with Crippen molar-refractivity contribution >= 4 is 17.7 Å². The van der Waals surface area contributed by atoms with E-state index < -0.39 is 41.9 Å². The number of nitrogens with zero attached hydrogens (tertiary/aromatic N) is 1. The molecule has 0 fully saturated rings. The number of H-pyrrole nitrogens is 1. The Bertz CT molecular complexity index is 916. The van der Waals surface area contributed by atoms with Crippen molar-refractivity contribution < 1.29 is 31.1 Å². The number of benzene rings is 1. The van der Waals surface area contributed by atoms with Crippen molar-refractivity contribution in [1.29, 1.82) is 0 Å². The Balaban J connectivity index is 2.21. The van der Waals surface area contributed by atoms with E-state index in [1.807, 2.05) is 5.32 Å². The number of pyridine rings is 1. The SMILES string of the molecule is O=C(NC(=NCC(F)(F)F)Nc1cccc(=O)[nH]1)c1ccc(C(F)(F)F)cc1. The minimum Gasteiger partial charge on any atom is -0.312 e. The fourth-order valence-electron chi connectivity index (χ4n) is 1.92. The summed E-state index contributed by atoms with van der Waals surface area (Å²) in [4.78, 5) is 28.8. The third-order valence-corrected chi connectivity index (χ3v) is 3.14. The first kappa shape index (κ1) is 21.0. The number of hydrogen-bond acceptors (Lipinski definition) is 3. The van der Waals surface area contributed by atoms with Crippen LogP contribution in [-0.4, -0.2) is 29.6 Å². The van der Waals surface area contributed by atoms with Crippen LogP contribution in [0.2, 0.25) is 0 Å². The van der Waals surface area contributed by atoms with Gasteiger partial charge in [-0.3, -0.25) is 14.9 Å². The van der Waals surface area contributed by atoms with E-state index in [-0.39, 0.29) is 11.4 Å². The van der Waals surface area contributed by atoms with Gasteiger partial charge in [0.25, 0.3) is 5.91 Å². The molecule has 28 heavy (non-hydrogen) atoms. The van der Waals surface area contributed by atoms with E-state index in [2.05, 4.69) is 15.3 Å². The number of carbonyl (C=O) groups excluding carboxylic acids is 1. The van der Waals surface area contributed by atoms with Crippen LogP contribution >= 0.6 is 0 Å². The fraction of sp³-hybridized carbons (Fsp3) is 0.188. The molecule has 1 aromatic carbocycles. The highest BCUT2D eigenvalue weighted by atomic mass is 19.4. The van der Waals surface area contributed by atoms with E-state index in [4.69, 9.17) is 0 Å². The van der Waals surface area contributed by atoms with Gasteiger partial charge >= 0.3 is 12.4 Å². The number of nitrogens with one attached hydrogen (secondary N) is 3. The van der Waals surface area contributed by atoms with Crippen molar-refractivity contribution in [3.63, 3.8) is 0 Å². The minimum atomic E-state index is -4.67. The number of anilines is 1. The molecule has 0 aliphatic rings. The minimum absolute atomic E-state index is 0.0545. The highest BCUT2D eigenvalue weighted by Gasteiger charge is 2.30. The number of aromatic nitrogens is 1. The summed E-state index contributed by atoms with van der Waals surface area (Å²) in [5.41, 5.74) is -1.79. The Morgan fingerprint density at radius 2 is 1.64 bits per heavy atom. The lowest BCUT2D eigenvalue weighted by atomic mass is 10.1. The summed E-state index contributed by atoms with van der Waals surface area (Å²) in [5.74, 6) is -1.70. The van der Waals surface area contributed by atoms with E-state index in [0.29, 0.717) is 12.1 Å². The van der Waals surface area contributed by atoms with Gasteiger partial charge in [-0.15, -0.1) is 0 Å². The molecule has 0 saturated carbocycles. The van der Waals surface area contributed by atoms with Crippen LogP contribution in [0.25, 0.3) is 0 Å². The molecule has 2 rings (SSSR count). The van der Waals surface area contributed by atoms with Gasteiger partial charge in [-0.25, -0.2) is 4.99 Å². The summed E-state index contributed by atoms with van der Waals surface area (Å²) >= 11 is 0. The Morgan fingerprint density at radius 1 is 1.00 bits per heavy atom. The summed E-state index contributed by atoms with van der Waals surface area (Å²) in [7, 11) is 0. The zero-order chi connectivity index (χ0) is 20.9. The zero-order valence-electron chi connectivity index (χ0n) is 13.8. The normalized spacial score (nSPS) is 12.6. The molecule has 0 saturated heterocycles. The van der Waals surface area contributed by atoms with Crippen molar-refractivity contribution in [3.05, 3.63) is 63.9 Å². The number of carbonyl (C=O) groups is 1. The van der Waals surface area contributed by atoms with Gasteiger partial charge in [0.2, 0.25) is 11.5 Å². The molecule has 0 aliphatic heterocycles. The Morgan fingerprint density at radius 3 is 2.18 bits per heavy atom. The fourth-order valence-corrected chi connectivity index (χ4v) is 1.92. The van der Waals surface area contributed by atoms with E-state index in [0.717, 1.165) is 18.2 Å². The zero-order valence-corrected chi connectivity index (χ0v) is 13.8. The molecule has 6 nitrogen and oxygen atoms in total. The summed E-state index contributed by atoms with van der Waals surface area (Å²) in [5, 5.41) is 4.34. The molecular weight excluding hydrogens is 394 g/mol. The number of aromatic amines is 1. The van der Waals surface area contributed by atoms with E-state index >= 15 is 0 Å². The molecule has 0 unspecified atom stereocenters. The van der Waals surface area contributed by atoms with Crippen LogP contribution in [0.15, 0.2) is 52.3 Å². The van der Waals surface area contributed by atoms with Gasteiger partial charge in [0.05, 0.1) is 5.56 Å². The first-order valence-corrected chi connectivity index (χ1v) is 7.50. The second kappa shape index (κ2) is 8.15. The van der Waals surface area contributed by atoms with Crippen molar-refractivity contribution in [1.82, 2.24) is 10.3 Å². The maximum Gasteiger partial charge on any atom is 0.416 e. The topological polar surface area (TPSA) is 86.3 Å². The Hall–Kier alpha value is -3.31. The van der Waals surface area contributed by atoms with Crippen LogP contribution < -0.4 is 16.2 Å². The maximum atomic E-state index is 12.6. The highest BCUT2D eigenvalue weighted by molar-refractivity contribution is 6.09. The molecule has 0 atom stereocenters. The summed E-state index contributed by atoms with van der Waals surface area (Å²) in [6, 6.07) is 6.80. The van der Waals surface area contributed by atoms with Crippen LogP contribution in [0.3, 0.4) is 0 Å². The second-order valence-corrected chi connectivity index (χ2v) is 5.36. The largest absolute Gasteiger partial charge is 0.416 e. The van der Waals surface area contributed by atoms with Gasteiger partial charge in [-0.2, -0.15) is 26.3 Å². The van der Waals surface area contributed by atoms with Gasteiger partial charge in [0.15, 0.2) is 0 Å². The summed E-state index contributed by atoms with van der Waals surface area (Å²) < 4.78 is 74.9. The predicted octanol–water partition coefficient (Wildman–Crippen LogP) is 3.15. The van der Waals surface area contributed by atoms with Crippen LogP contribution in [0.1, 0.15) is 15.9 Å². The lowest BCUT2D eigenvalue weighted by molar-refractivity contribution is -0.137. The van der Waals surface area contributed by atoms with E-state index in [9.17, 15) is 35.9 Å². The lowest BCUT2D eigenvalue weighted by Gasteiger charge is -2.13. The average Bonchev–Trinajstić information content (AvgIpc) is 2.58. The van der Waals surface area contributed by atoms with Crippen molar-refractivity contribution in [2.24, 2.45) is 4.99 Å². The molecule has 2 aromatic rings. The number of guanidine groups is 1. The molecule has 0 bridgehead atoms. The van der Waals surface area contributed by atoms with Crippen LogP contribution in [0.4, 0.5) is 32.2 Å². The van der Waals surface area contributed by atoms with Crippen LogP contribution in [-0.2, 0) is 6.18 Å². The number of amides is 1. The number of alkyl halides is 6. The predicted molar refractivity (Wildman–Crippen MR) is 88.0 cm³/mol. The Kier molecular flexibility index (Phi) is 6.11. The first-order valence-electron chi connectivity index (χ1n) is 7.50. The summed E-state index contributed by atoms with van der Waals surface area (Å²) in [6.07, 6.45) is -9.27. The van der Waals surface area contributed by atoms with Crippen LogP contribution in [0, 0.1) is 0 Å². The lowest BCUT2D eigenvalue weighted by Crippen LogP contribution is -2.37. The third kappa shape index (κ3) is 6.45.